The molecule has 0 aliphatic heterocycles. The van der Waals surface area contributed by atoms with Crippen molar-refractivity contribution in [2.45, 2.75) is 38.7 Å². The molecule has 0 bridgehead atoms. The Labute approximate surface area is 172 Å². The van der Waals surface area contributed by atoms with Gasteiger partial charge in [0.15, 0.2) is 5.60 Å². The Kier molecular flexibility index (Phi) is 6.28. The molecule has 0 aliphatic rings. The predicted molar refractivity (Wildman–Crippen MR) is 106 cm³/mol. The molecule has 0 radical (unpaired) electrons. The van der Waals surface area contributed by atoms with E-state index in [0.717, 1.165) is 6.20 Å². The van der Waals surface area contributed by atoms with Gasteiger partial charge in [0.05, 0.1) is 17.6 Å². The number of aliphatic hydroxyl groups is 2. The number of H-pyrrole nitrogens is 1. The van der Waals surface area contributed by atoms with Crippen LogP contribution in [-0.4, -0.2) is 38.2 Å². The number of imidazole rings is 1. The van der Waals surface area contributed by atoms with Crippen LogP contribution >= 0.6 is 0 Å². The number of alkyl halides is 2. The maximum absolute atomic E-state index is 13.9. The van der Waals surface area contributed by atoms with Gasteiger partial charge in [-0.3, -0.25) is 4.98 Å². The first-order chi connectivity index (χ1) is 14.1. The number of aromatic nitrogens is 3. The van der Waals surface area contributed by atoms with Crippen molar-refractivity contribution in [1.82, 2.24) is 15.0 Å². The quantitative estimate of drug-likeness (QED) is 0.518. The van der Waals surface area contributed by atoms with Gasteiger partial charge in [-0.2, -0.15) is 0 Å². The average Bonchev–Trinajstić information content (AvgIpc) is 3.14. The minimum atomic E-state index is -3.05. The maximum atomic E-state index is 13.9. The van der Waals surface area contributed by atoms with E-state index in [9.17, 15) is 23.4 Å². The van der Waals surface area contributed by atoms with Crippen LogP contribution in [0.1, 0.15) is 30.9 Å². The van der Waals surface area contributed by atoms with Gasteiger partial charge in [-0.05, 0) is 29.5 Å². The third-order valence-electron chi connectivity index (χ3n) is 4.98. The first-order valence-electron chi connectivity index (χ1n) is 9.50. The van der Waals surface area contributed by atoms with Crippen LogP contribution in [0.3, 0.4) is 0 Å². The Balaban J connectivity index is 1.82. The third-order valence-corrected chi connectivity index (χ3v) is 4.98. The average molecular weight is 419 g/mol. The molecule has 3 N–H and O–H groups in total. The zero-order valence-electron chi connectivity index (χ0n) is 16.7. The predicted octanol–water partition coefficient (Wildman–Crippen LogP) is 3.87. The van der Waals surface area contributed by atoms with E-state index in [4.69, 9.17) is 0 Å². The van der Waals surface area contributed by atoms with Crippen LogP contribution in [0.25, 0.3) is 11.3 Å². The first-order valence-corrected chi connectivity index (χ1v) is 9.50. The van der Waals surface area contributed by atoms with E-state index >= 15 is 0 Å². The molecule has 0 spiro atoms. The number of rotatable bonds is 8. The first kappa shape index (κ1) is 22.0. The number of nitrogens with one attached hydrogen (secondary N) is 1. The Bertz CT molecular complexity index is 972. The molecule has 0 aliphatic carbocycles. The van der Waals surface area contributed by atoms with Crippen molar-refractivity contribution in [1.29, 1.82) is 0 Å². The van der Waals surface area contributed by atoms with Crippen molar-refractivity contribution in [3.05, 3.63) is 71.7 Å². The third kappa shape index (κ3) is 4.88. The second-order valence-corrected chi connectivity index (χ2v) is 8.18. The van der Waals surface area contributed by atoms with Crippen molar-refractivity contribution in [2.75, 3.05) is 6.61 Å². The van der Waals surface area contributed by atoms with Crippen molar-refractivity contribution in [2.24, 2.45) is 5.41 Å². The molecule has 0 saturated carbocycles. The summed E-state index contributed by atoms with van der Waals surface area (Å²) in [5.41, 5.74) is -1.06. The molecule has 2 aromatic heterocycles. The minimum Gasteiger partial charge on any atom is -0.396 e. The number of nitrogens with zero attached hydrogens (tertiary/aromatic N) is 2. The van der Waals surface area contributed by atoms with E-state index in [-0.39, 0.29) is 18.0 Å². The molecule has 1 atom stereocenters. The second-order valence-electron chi connectivity index (χ2n) is 8.18. The summed E-state index contributed by atoms with van der Waals surface area (Å²) in [5.74, 6) is -0.242. The van der Waals surface area contributed by atoms with Gasteiger partial charge < -0.3 is 15.2 Å². The van der Waals surface area contributed by atoms with Gasteiger partial charge in [-0.25, -0.2) is 18.2 Å². The molecule has 1 aromatic carbocycles. The summed E-state index contributed by atoms with van der Waals surface area (Å²) < 4.78 is 40.8. The van der Waals surface area contributed by atoms with Crippen molar-refractivity contribution < 1.29 is 23.4 Å². The van der Waals surface area contributed by atoms with E-state index < -0.39 is 29.7 Å². The van der Waals surface area contributed by atoms with Gasteiger partial charge >= 0.3 is 0 Å². The number of hydrogen-bond acceptors (Lipinski definition) is 4. The van der Waals surface area contributed by atoms with Gasteiger partial charge in [-0.1, -0.05) is 38.1 Å². The lowest BCUT2D eigenvalue weighted by molar-refractivity contribution is -0.102. The summed E-state index contributed by atoms with van der Waals surface area (Å²) in [4.78, 5) is 11.1. The summed E-state index contributed by atoms with van der Waals surface area (Å²) in [5, 5.41) is 20.2. The summed E-state index contributed by atoms with van der Waals surface area (Å²) in [7, 11) is 0. The SMILES string of the molecule is CC(C)(CO)Cc1c[nH]c(CC(O)(c2ccc(-c3ccc(F)cn3)cc2)C(F)F)n1. The van der Waals surface area contributed by atoms with Crippen molar-refractivity contribution in [3.63, 3.8) is 0 Å². The highest BCUT2D eigenvalue weighted by Gasteiger charge is 2.40. The summed E-state index contributed by atoms with van der Waals surface area (Å²) in [6.07, 6.45) is -0.312. The maximum Gasteiger partial charge on any atom is 0.271 e. The van der Waals surface area contributed by atoms with Crippen molar-refractivity contribution in [3.8, 4) is 11.3 Å². The fourth-order valence-corrected chi connectivity index (χ4v) is 3.17. The topological polar surface area (TPSA) is 82.0 Å². The second kappa shape index (κ2) is 8.57. The molecule has 8 heteroatoms. The zero-order valence-corrected chi connectivity index (χ0v) is 16.7. The molecule has 0 fully saturated rings. The fourth-order valence-electron chi connectivity index (χ4n) is 3.17. The van der Waals surface area contributed by atoms with Crippen LogP contribution in [0.2, 0.25) is 0 Å². The molecule has 3 aromatic rings. The molecule has 0 saturated heterocycles. The number of pyridine rings is 1. The molecular weight excluding hydrogens is 395 g/mol. The summed E-state index contributed by atoms with van der Waals surface area (Å²) in [6.45, 7) is 3.70. The smallest absolute Gasteiger partial charge is 0.271 e. The normalized spacial score (nSPS) is 14.1. The minimum absolute atomic E-state index is 0.0363. The molecule has 5 nitrogen and oxygen atoms in total. The Hall–Kier alpha value is -2.71. The number of benzene rings is 1. The van der Waals surface area contributed by atoms with Crippen LogP contribution in [0.15, 0.2) is 48.8 Å². The monoisotopic (exact) mass is 419 g/mol. The summed E-state index contributed by atoms with van der Waals surface area (Å²) >= 11 is 0. The van der Waals surface area contributed by atoms with E-state index in [2.05, 4.69) is 15.0 Å². The highest BCUT2D eigenvalue weighted by Crippen LogP contribution is 2.33. The molecule has 30 heavy (non-hydrogen) atoms. The Morgan fingerprint density at radius 2 is 1.77 bits per heavy atom. The number of hydrogen-bond donors (Lipinski definition) is 3. The van der Waals surface area contributed by atoms with Gasteiger partial charge in [0.2, 0.25) is 0 Å². The van der Waals surface area contributed by atoms with E-state index in [0.29, 0.717) is 23.4 Å². The molecule has 3 rings (SSSR count). The number of aromatic amines is 1. The van der Waals surface area contributed by atoms with E-state index in [1.807, 2.05) is 13.8 Å². The zero-order chi connectivity index (χ0) is 21.9. The van der Waals surface area contributed by atoms with E-state index in [1.165, 1.54) is 24.3 Å². The van der Waals surface area contributed by atoms with Crippen LogP contribution in [-0.2, 0) is 18.4 Å². The highest BCUT2D eigenvalue weighted by molar-refractivity contribution is 5.59. The van der Waals surface area contributed by atoms with Gasteiger partial charge in [0, 0.05) is 24.8 Å². The number of aliphatic hydroxyl groups excluding tert-OH is 1. The molecular formula is C22H24F3N3O2. The van der Waals surface area contributed by atoms with Crippen LogP contribution in [0, 0.1) is 11.2 Å². The Morgan fingerprint density at radius 3 is 2.33 bits per heavy atom. The standard InChI is InChI=1S/C22H24F3N3O2/c1-21(2,13-29)9-17-12-27-19(28-17)10-22(30,20(24)25)15-5-3-14(4-6-15)18-8-7-16(23)11-26-18/h3-8,11-12,20,29-30H,9-10,13H2,1-2H3,(H,27,28). The molecule has 0 amide bonds. The van der Waals surface area contributed by atoms with Crippen LogP contribution in [0.5, 0.6) is 0 Å². The fraction of sp³-hybridized carbons (Fsp3) is 0.364. The molecule has 2 heterocycles. The van der Waals surface area contributed by atoms with E-state index in [1.54, 1.807) is 18.3 Å². The Morgan fingerprint density at radius 1 is 1.07 bits per heavy atom. The molecule has 160 valence electrons. The van der Waals surface area contributed by atoms with Gasteiger partial charge in [0.1, 0.15) is 11.6 Å². The lowest BCUT2D eigenvalue weighted by atomic mass is 9.89. The van der Waals surface area contributed by atoms with Gasteiger partial charge in [-0.15, -0.1) is 0 Å². The summed E-state index contributed by atoms with van der Waals surface area (Å²) in [6, 6.07) is 8.68. The van der Waals surface area contributed by atoms with Crippen LogP contribution in [0.4, 0.5) is 13.2 Å². The largest absolute Gasteiger partial charge is 0.396 e. The van der Waals surface area contributed by atoms with Crippen LogP contribution < -0.4 is 0 Å². The van der Waals surface area contributed by atoms with Crippen molar-refractivity contribution >= 4 is 0 Å². The lowest BCUT2D eigenvalue weighted by Gasteiger charge is -2.27. The highest BCUT2D eigenvalue weighted by atomic mass is 19.3. The lowest BCUT2D eigenvalue weighted by Crippen LogP contribution is -2.37. The number of halogens is 3. The van der Waals surface area contributed by atoms with Gasteiger partial charge in [0.25, 0.3) is 6.43 Å². The molecule has 1 unspecified atom stereocenters.